The Bertz CT molecular complexity index is 752. The molecule has 124 valence electrons. The van der Waals surface area contributed by atoms with Gasteiger partial charge in [0.1, 0.15) is 10.8 Å². The summed E-state index contributed by atoms with van der Waals surface area (Å²) in [5, 5.41) is 11.1. The van der Waals surface area contributed by atoms with Crippen LogP contribution in [0.4, 0.5) is 0 Å². The third kappa shape index (κ3) is 4.54. The second kappa shape index (κ2) is 8.78. The molecule has 0 aliphatic heterocycles. The fourth-order valence-electron chi connectivity index (χ4n) is 2.50. The highest BCUT2D eigenvalue weighted by atomic mass is 32.1. The molecule has 24 heavy (non-hydrogen) atoms. The molecule has 0 radical (unpaired) electrons. The fraction of sp³-hybridized carbons (Fsp3) is 0.211. The van der Waals surface area contributed by atoms with E-state index in [2.05, 4.69) is 45.3 Å². The molecular formula is C19H20N2OS2. The van der Waals surface area contributed by atoms with Crippen molar-refractivity contribution in [2.45, 2.75) is 12.5 Å². The molecular weight excluding hydrogens is 336 g/mol. The number of thiophene rings is 1. The molecule has 0 unspecified atom stereocenters. The number of aromatic nitrogens is 1. The molecule has 2 aromatic heterocycles. The molecule has 2 heterocycles. The van der Waals surface area contributed by atoms with Crippen molar-refractivity contribution >= 4 is 28.7 Å². The summed E-state index contributed by atoms with van der Waals surface area (Å²) < 4.78 is 5.37. The van der Waals surface area contributed by atoms with Gasteiger partial charge in [0.15, 0.2) is 0 Å². The Kier molecular flexibility index (Phi) is 6.18. The van der Waals surface area contributed by atoms with Crippen LogP contribution in [-0.4, -0.2) is 18.6 Å². The number of benzene rings is 1. The maximum absolute atomic E-state index is 5.37. The van der Waals surface area contributed by atoms with E-state index in [1.54, 1.807) is 29.8 Å². The first-order valence-corrected chi connectivity index (χ1v) is 9.62. The maximum atomic E-state index is 5.37. The summed E-state index contributed by atoms with van der Waals surface area (Å²) in [5.74, 6) is 0.892. The lowest BCUT2D eigenvalue weighted by Gasteiger charge is -2.14. The first kappa shape index (κ1) is 16.9. The molecule has 5 heteroatoms. The number of hydrogen-bond acceptors (Lipinski definition) is 5. The molecule has 1 atom stereocenters. The normalized spacial score (nSPS) is 12.5. The minimum Gasteiger partial charge on any atom is -0.496 e. The summed E-state index contributed by atoms with van der Waals surface area (Å²) in [6.45, 7) is 0.784. The largest absolute Gasteiger partial charge is 0.496 e. The summed E-state index contributed by atoms with van der Waals surface area (Å²) in [7, 11) is 1.70. The number of hydrogen-bond donors (Lipinski definition) is 1. The molecule has 1 aromatic carbocycles. The molecule has 0 saturated heterocycles. The van der Waals surface area contributed by atoms with Gasteiger partial charge in [0.05, 0.1) is 13.2 Å². The van der Waals surface area contributed by atoms with Crippen molar-refractivity contribution in [3.63, 3.8) is 0 Å². The summed E-state index contributed by atoms with van der Waals surface area (Å²) in [6, 6.07) is 10.4. The van der Waals surface area contributed by atoms with Crippen molar-refractivity contribution in [2.75, 3.05) is 13.7 Å². The van der Waals surface area contributed by atoms with Gasteiger partial charge in [-0.15, -0.1) is 11.3 Å². The molecule has 0 fully saturated rings. The zero-order chi connectivity index (χ0) is 16.6. The Hall–Kier alpha value is -1.95. The lowest BCUT2D eigenvalue weighted by Crippen LogP contribution is -2.23. The Labute approximate surface area is 150 Å². The zero-order valence-electron chi connectivity index (χ0n) is 13.5. The van der Waals surface area contributed by atoms with E-state index in [1.165, 1.54) is 5.56 Å². The van der Waals surface area contributed by atoms with Crippen molar-refractivity contribution in [3.05, 3.63) is 74.9 Å². The van der Waals surface area contributed by atoms with Gasteiger partial charge < -0.3 is 10.1 Å². The Morgan fingerprint density at radius 1 is 1.25 bits per heavy atom. The van der Waals surface area contributed by atoms with Crippen LogP contribution in [0.25, 0.3) is 6.08 Å². The highest BCUT2D eigenvalue weighted by molar-refractivity contribution is 7.09. The molecule has 0 aliphatic carbocycles. The monoisotopic (exact) mass is 356 g/mol. The predicted molar refractivity (Wildman–Crippen MR) is 103 cm³/mol. The molecule has 3 nitrogen and oxygen atoms in total. The highest BCUT2D eigenvalue weighted by Gasteiger charge is 2.14. The smallest absolute Gasteiger partial charge is 0.126 e. The van der Waals surface area contributed by atoms with E-state index >= 15 is 0 Å². The van der Waals surface area contributed by atoms with Gasteiger partial charge in [-0.2, -0.15) is 11.3 Å². The second-order valence-corrected chi connectivity index (χ2v) is 7.02. The van der Waals surface area contributed by atoms with Gasteiger partial charge in [0.2, 0.25) is 0 Å². The first-order chi connectivity index (χ1) is 11.9. The van der Waals surface area contributed by atoms with Crippen LogP contribution in [0.3, 0.4) is 0 Å². The number of nitrogens with one attached hydrogen (secondary N) is 1. The van der Waals surface area contributed by atoms with E-state index in [4.69, 9.17) is 4.74 Å². The van der Waals surface area contributed by atoms with E-state index in [-0.39, 0.29) is 6.04 Å². The van der Waals surface area contributed by atoms with E-state index in [0.29, 0.717) is 0 Å². The number of nitrogens with zero attached hydrogens (tertiary/aromatic N) is 1. The van der Waals surface area contributed by atoms with Crippen LogP contribution in [0.2, 0.25) is 0 Å². The first-order valence-electron chi connectivity index (χ1n) is 7.80. The van der Waals surface area contributed by atoms with Crippen LogP contribution in [0.1, 0.15) is 22.2 Å². The molecule has 0 spiro atoms. The number of para-hydroxylation sites is 1. The molecule has 0 bridgehead atoms. The maximum Gasteiger partial charge on any atom is 0.126 e. The van der Waals surface area contributed by atoms with E-state index < -0.39 is 0 Å². The van der Waals surface area contributed by atoms with Crippen LogP contribution in [0.15, 0.2) is 58.7 Å². The number of thiazole rings is 1. The summed E-state index contributed by atoms with van der Waals surface area (Å²) in [6.07, 6.45) is 7.05. The van der Waals surface area contributed by atoms with Crippen LogP contribution in [-0.2, 0) is 6.42 Å². The van der Waals surface area contributed by atoms with Crippen LogP contribution >= 0.6 is 22.7 Å². The summed E-state index contributed by atoms with van der Waals surface area (Å²) >= 11 is 3.43. The van der Waals surface area contributed by atoms with Gasteiger partial charge in [-0.05, 0) is 34.9 Å². The minimum absolute atomic E-state index is 0.238. The molecule has 0 saturated carbocycles. The third-order valence-electron chi connectivity index (χ3n) is 3.69. The molecule has 0 aliphatic rings. The molecule has 3 aromatic rings. The highest BCUT2D eigenvalue weighted by Crippen LogP contribution is 2.22. The van der Waals surface area contributed by atoms with Crippen molar-refractivity contribution in [1.29, 1.82) is 0 Å². The average molecular weight is 357 g/mol. The van der Waals surface area contributed by atoms with Crippen molar-refractivity contribution < 1.29 is 4.74 Å². The average Bonchev–Trinajstić information content (AvgIpc) is 3.31. The number of methoxy groups -OCH3 is 1. The van der Waals surface area contributed by atoms with E-state index in [9.17, 15) is 0 Å². The van der Waals surface area contributed by atoms with Crippen LogP contribution in [0, 0.1) is 0 Å². The Morgan fingerprint density at radius 3 is 2.92 bits per heavy atom. The molecule has 0 amide bonds. The zero-order valence-corrected chi connectivity index (χ0v) is 15.1. The molecule has 3 rings (SSSR count). The predicted octanol–water partition coefficient (Wildman–Crippen LogP) is 4.80. The summed E-state index contributed by atoms with van der Waals surface area (Å²) in [4.78, 5) is 4.48. The topological polar surface area (TPSA) is 34.1 Å². The van der Waals surface area contributed by atoms with Gasteiger partial charge in [0, 0.05) is 23.7 Å². The van der Waals surface area contributed by atoms with Gasteiger partial charge in [-0.1, -0.05) is 30.4 Å². The van der Waals surface area contributed by atoms with Crippen LogP contribution < -0.4 is 10.1 Å². The van der Waals surface area contributed by atoms with E-state index in [0.717, 1.165) is 29.3 Å². The van der Waals surface area contributed by atoms with Crippen molar-refractivity contribution in [3.8, 4) is 5.75 Å². The Morgan fingerprint density at radius 2 is 2.17 bits per heavy atom. The second-order valence-electron chi connectivity index (χ2n) is 5.31. The number of ether oxygens (including phenoxy) is 1. The van der Waals surface area contributed by atoms with Gasteiger partial charge >= 0.3 is 0 Å². The van der Waals surface area contributed by atoms with Gasteiger partial charge in [-0.25, -0.2) is 4.98 Å². The lowest BCUT2D eigenvalue weighted by atomic mass is 10.1. The third-order valence-corrected chi connectivity index (χ3v) is 5.31. The summed E-state index contributed by atoms with van der Waals surface area (Å²) in [5.41, 5.74) is 2.44. The van der Waals surface area contributed by atoms with Gasteiger partial charge in [-0.3, -0.25) is 0 Å². The SMILES string of the molecule is COc1ccccc1/C=C/CN[C@@H](Cc1ccsc1)c1nccs1. The Balaban J connectivity index is 1.62. The lowest BCUT2D eigenvalue weighted by molar-refractivity contribution is 0.414. The quantitative estimate of drug-likeness (QED) is 0.629. The molecule has 1 N–H and O–H groups in total. The van der Waals surface area contributed by atoms with Crippen molar-refractivity contribution in [1.82, 2.24) is 10.3 Å². The van der Waals surface area contributed by atoms with Crippen molar-refractivity contribution in [2.24, 2.45) is 0 Å². The van der Waals surface area contributed by atoms with Gasteiger partial charge in [0.25, 0.3) is 0 Å². The standard InChI is InChI=1S/C19H20N2OS2/c1-22-18-7-3-2-5-16(18)6-4-9-20-17(19-21-10-12-24-19)13-15-8-11-23-14-15/h2-8,10-12,14,17,20H,9,13H2,1H3/b6-4+/t17-/m0/s1. The number of rotatable bonds is 8. The van der Waals surface area contributed by atoms with Crippen LogP contribution in [0.5, 0.6) is 5.75 Å². The minimum atomic E-state index is 0.238. The fourth-order valence-corrected chi connectivity index (χ4v) is 3.89. The van der Waals surface area contributed by atoms with E-state index in [1.807, 2.05) is 29.8 Å².